The van der Waals surface area contributed by atoms with Crippen molar-refractivity contribution in [3.8, 4) is 10.6 Å². The molecule has 0 bridgehead atoms. The number of nitrogens with one attached hydrogen (secondary N) is 2. The predicted octanol–water partition coefficient (Wildman–Crippen LogP) is 3.54. The SMILES string of the molecule is Cc1cccc(-c2nc(CC(=O)NCC3=CCNCC3)cs2)c1.Cl.Cl. The molecule has 2 heterocycles. The van der Waals surface area contributed by atoms with Gasteiger partial charge < -0.3 is 10.6 Å². The highest BCUT2D eigenvalue weighted by atomic mass is 35.5. The summed E-state index contributed by atoms with van der Waals surface area (Å²) in [6.45, 7) is 4.61. The summed E-state index contributed by atoms with van der Waals surface area (Å²) in [4.78, 5) is 16.7. The summed E-state index contributed by atoms with van der Waals surface area (Å²) in [7, 11) is 0. The van der Waals surface area contributed by atoms with Crippen molar-refractivity contribution in [1.82, 2.24) is 15.6 Å². The van der Waals surface area contributed by atoms with Crippen LogP contribution in [0.1, 0.15) is 17.7 Å². The smallest absolute Gasteiger partial charge is 0.226 e. The number of halogens is 2. The molecule has 2 aromatic rings. The predicted molar refractivity (Wildman–Crippen MR) is 109 cm³/mol. The van der Waals surface area contributed by atoms with Crippen LogP contribution in [0.2, 0.25) is 0 Å². The summed E-state index contributed by atoms with van der Waals surface area (Å²) in [5.41, 5.74) is 4.47. The average molecular weight is 400 g/mol. The molecule has 1 aromatic carbocycles. The first-order chi connectivity index (χ1) is 11.2. The molecule has 7 heteroatoms. The van der Waals surface area contributed by atoms with E-state index in [4.69, 9.17) is 0 Å². The lowest BCUT2D eigenvalue weighted by Crippen LogP contribution is -2.30. The van der Waals surface area contributed by atoms with E-state index in [1.807, 2.05) is 11.4 Å². The van der Waals surface area contributed by atoms with E-state index < -0.39 is 0 Å². The van der Waals surface area contributed by atoms with E-state index in [0.29, 0.717) is 13.0 Å². The van der Waals surface area contributed by atoms with Crippen molar-refractivity contribution < 1.29 is 4.79 Å². The number of amides is 1. The van der Waals surface area contributed by atoms with Crippen LogP contribution in [-0.4, -0.2) is 30.5 Å². The second-order valence-electron chi connectivity index (χ2n) is 5.78. The molecule has 2 N–H and O–H groups in total. The molecule has 0 fully saturated rings. The Hall–Kier alpha value is -1.40. The largest absolute Gasteiger partial charge is 0.352 e. The Bertz CT molecular complexity index is 731. The van der Waals surface area contributed by atoms with E-state index in [9.17, 15) is 4.79 Å². The molecule has 0 radical (unpaired) electrons. The molecular weight excluding hydrogens is 377 g/mol. The summed E-state index contributed by atoms with van der Waals surface area (Å²) < 4.78 is 0. The first-order valence-corrected chi connectivity index (χ1v) is 8.75. The van der Waals surface area contributed by atoms with Crippen LogP contribution in [0.15, 0.2) is 41.3 Å². The molecule has 0 unspecified atom stereocenters. The molecule has 0 aliphatic carbocycles. The molecule has 1 aromatic heterocycles. The summed E-state index contributed by atoms with van der Waals surface area (Å²) >= 11 is 1.59. The molecule has 1 aliphatic rings. The lowest BCUT2D eigenvalue weighted by molar-refractivity contribution is -0.120. The number of benzene rings is 1. The zero-order valence-corrected chi connectivity index (χ0v) is 16.5. The first-order valence-electron chi connectivity index (χ1n) is 7.87. The molecule has 0 saturated carbocycles. The van der Waals surface area contributed by atoms with Gasteiger partial charge in [-0.1, -0.05) is 35.4 Å². The Kier molecular flexibility index (Phi) is 9.14. The van der Waals surface area contributed by atoms with Gasteiger partial charge in [0.2, 0.25) is 5.91 Å². The van der Waals surface area contributed by atoms with Gasteiger partial charge in [-0.2, -0.15) is 0 Å². The highest BCUT2D eigenvalue weighted by Crippen LogP contribution is 2.24. The maximum absolute atomic E-state index is 12.1. The number of aromatic nitrogens is 1. The Morgan fingerprint density at radius 3 is 2.92 bits per heavy atom. The molecule has 1 amide bonds. The van der Waals surface area contributed by atoms with Gasteiger partial charge in [-0.15, -0.1) is 36.2 Å². The Morgan fingerprint density at radius 1 is 1.36 bits per heavy atom. The summed E-state index contributed by atoms with van der Waals surface area (Å²) in [6.07, 6.45) is 3.50. The number of aryl methyl sites for hydroxylation is 1. The number of nitrogens with zero attached hydrogens (tertiary/aromatic N) is 1. The van der Waals surface area contributed by atoms with Gasteiger partial charge >= 0.3 is 0 Å². The maximum Gasteiger partial charge on any atom is 0.226 e. The number of rotatable bonds is 5. The van der Waals surface area contributed by atoms with E-state index in [1.54, 1.807) is 11.3 Å². The second kappa shape index (κ2) is 10.6. The van der Waals surface area contributed by atoms with Crippen molar-refractivity contribution >= 4 is 42.1 Å². The fourth-order valence-electron chi connectivity index (χ4n) is 2.57. The van der Waals surface area contributed by atoms with Gasteiger partial charge in [-0.25, -0.2) is 4.98 Å². The van der Waals surface area contributed by atoms with Crippen LogP contribution in [0.25, 0.3) is 10.6 Å². The van der Waals surface area contributed by atoms with Crippen molar-refractivity contribution in [2.45, 2.75) is 19.8 Å². The molecule has 4 nitrogen and oxygen atoms in total. The third-order valence-corrected chi connectivity index (χ3v) is 4.77. The van der Waals surface area contributed by atoms with Gasteiger partial charge in [-0.3, -0.25) is 4.79 Å². The molecule has 136 valence electrons. The molecule has 0 atom stereocenters. The van der Waals surface area contributed by atoms with E-state index >= 15 is 0 Å². The van der Waals surface area contributed by atoms with Crippen LogP contribution in [0.3, 0.4) is 0 Å². The first kappa shape index (κ1) is 21.6. The highest BCUT2D eigenvalue weighted by Gasteiger charge is 2.10. The zero-order valence-electron chi connectivity index (χ0n) is 14.1. The lowest BCUT2D eigenvalue weighted by Gasteiger charge is -2.14. The van der Waals surface area contributed by atoms with Crippen molar-refractivity contribution in [2.24, 2.45) is 0 Å². The van der Waals surface area contributed by atoms with Crippen molar-refractivity contribution in [1.29, 1.82) is 0 Å². The third kappa shape index (κ3) is 6.44. The molecule has 0 saturated heterocycles. The van der Waals surface area contributed by atoms with Crippen molar-refractivity contribution in [3.05, 3.63) is 52.6 Å². The minimum Gasteiger partial charge on any atom is -0.352 e. The summed E-state index contributed by atoms with van der Waals surface area (Å²) in [5, 5.41) is 9.20. The standard InChI is InChI=1S/C18H21N3OS.2ClH/c1-13-3-2-4-15(9-13)18-21-16(12-23-18)10-17(22)20-11-14-5-7-19-8-6-14;;/h2-5,9,12,19H,6-8,10-11H2,1H3,(H,20,22);2*1H. The van der Waals surface area contributed by atoms with E-state index in [1.165, 1.54) is 11.1 Å². The van der Waals surface area contributed by atoms with Crippen LogP contribution in [0, 0.1) is 6.92 Å². The quantitative estimate of drug-likeness (QED) is 0.755. The minimum absolute atomic E-state index is 0. The zero-order chi connectivity index (χ0) is 16.1. The summed E-state index contributed by atoms with van der Waals surface area (Å²) in [6, 6.07) is 8.28. The topological polar surface area (TPSA) is 54.0 Å². The van der Waals surface area contributed by atoms with Gasteiger partial charge in [0.05, 0.1) is 12.1 Å². The minimum atomic E-state index is 0. The third-order valence-electron chi connectivity index (χ3n) is 3.83. The molecule has 0 spiro atoms. The van der Waals surface area contributed by atoms with Gasteiger partial charge in [0.1, 0.15) is 5.01 Å². The van der Waals surface area contributed by atoms with Crippen LogP contribution in [0.5, 0.6) is 0 Å². The Morgan fingerprint density at radius 2 is 2.20 bits per heavy atom. The van der Waals surface area contributed by atoms with Gasteiger partial charge in [0.15, 0.2) is 0 Å². The van der Waals surface area contributed by atoms with Crippen LogP contribution in [0.4, 0.5) is 0 Å². The molecule has 25 heavy (non-hydrogen) atoms. The highest BCUT2D eigenvalue weighted by molar-refractivity contribution is 7.13. The van der Waals surface area contributed by atoms with Gasteiger partial charge in [-0.05, 0) is 26.0 Å². The fourth-order valence-corrected chi connectivity index (χ4v) is 3.38. The monoisotopic (exact) mass is 399 g/mol. The number of carbonyl (C=O) groups is 1. The van der Waals surface area contributed by atoms with Crippen molar-refractivity contribution in [2.75, 3.05) is 19.6 Å². The second-order valence-corrected chi connectivity index (χ2v) is 6.64. The Balaban J connectivity index is 0.00000156. The van der Waals surface area contributed by atoms with E-state index in [0.717, 1.165) is 35.8 Å². The van der Waals surface area contributed by atoms with Crippen LogP contribution < -0.4 is 10.6 Å². The molecule has 3 rings (SSSR count). The van der Waals surface area contributed by atoms with Gasteiger partial charge in [0, 0.05) is 24.0 Å². The van der Waals surface area contributed by atoms with Gasteiger partial charge in [0.25, 0.3) is 0 Å². The fraction of sp³-hybridized carbons (Fsp3) is 0.333. The number of hydrogen-bond acceptors (Lipinski definition) is 4. The summed E-state index contributed by atoms with van der Waals surface area (Å²) in [5.74, 6) is 0.0329. The number of thiazole rings is 1. The Labute approximate surface area is 165 Å². The average Bonchev–Trinajstić information content (AvgIpc) is 3.02. The van der Waals surface area contributed by atoms with Crippen LogP contribution in [-0.2, 0) is 11.2 Å². The van der Waals surface area contributed by atoms with Crippen LogP contribution >= 0.6 is 36.2 Å². The van der Waals surface area contributed by atoms with Crippen molar-refractivity contribution in [3.63, 3.8) is 0 Å². The van der Waals surface area contributed by atoms with E-state index in [2.05, 4.69) is 46.8 Å². The number of hydrogen-bond donors (Lipinski definition) is 2. The molecule has 1 aliphatic heterocycles. The maximum atomic E-state index is 12.1. The number of carbonyl (C=O) groups excluding carboxylic acids is 1. The normalized spacial score (nSPS) is 13.2. The lowest BCUT2D eigenvalue weighted by atomic mass is 10.1. The molecular formula is C18H23Cl2N3OS. The van der Waals surface area contributed by atoms with E-state index in [-0.39, 0.29) is 30.7 Å².